The van der Waals surface area contributed by atoms with Crippen molar-refractivity contribution >= 4 is 38.6 Å². The predicted molar refractivity (Wildman–Crippen MR) is 107 cm³/mol. The molecule has 6 nitrogen and oxygen atoms in total. The molecule has 2 aromatic carbocycles. The average molecular weight is 414 g/mol. The lowest BCUT2D eigenvalue weighted by Crippen LogP contribution is -2.26. The molecule has 1 atom stereocenters. The van der Waals surface area contributed by atoms with Gasteiger partial charge in [-0.3, -0.25) is 14.5 Å². The van der Waals surface area contributed by atoms with Crippen LogP contribution in [0, 0.1) is 11.7 Å². The number of benzene rings is 2. The van der Waals surface area contributed by atoms with E-state index in [1.165, 1.54) is 22.3 Å². The molecule has 4 rings (SSSR count). The molecule has 1 fully saturated rings. The third-order valence-corrected chi connectivity index (χ3v) is 5.72. The van der Waals surface area contributed by atoms with Gasteiger partial charge < -0.3 is 9.47 Å². The molecule has 1 unspecified atom stereocenters. The Labute approximate surface area is 170 Å². The molecule has 8 heteroatoms. The number of hydrogen-bond donors (Lipinski definition) is 0. The fraction of sp³-hybridized carbons (Fsp3) is 0.286. The number of hydrogen-bond acceptors (Lipinski definition) is 6. The molecule has 1 saturated heterocycles. The van der Waals surface area contributed by atoms with Crippen LogP contribution in [-0.4, -0.2) is 30.0 Å². The van der Waals surface area contributed by atoms with Crippen LogP contribution >= 0.6 is 11.3 Å². The quantitative estimate of drug-likeness (QED) is 0.572. The van der Waals surface area contributed by atoms with E-state index in [0.717, 1.165) is 16.0 Å². The summed E-state index contributed by atoms with van der Waals surface area (Å²) in [5.74, 6) is -0.964. The number of halogens is 1. The van der Waals surface area contributed by atoms with Gasteiger partial charge in [0.05, 0.1) is 22.7 Å². The van der Waals surface area contributed by atoms with Gasteiger partial charge in [0.25, 0.3) is 0 Å². The van der Waals surface area contributed by atoms with Gasteiger partial charge in [-0.25, -0.2) is 9.37 Å². The van der Waals surface area contributed by atoms with Crippen LogP contribution in [0.3, 0.4) is 0 Å². The molecular weight excluding hydrogens is 395 g/mol. The van der Waals surface area contributed by atoms with E-state index < -0.39 is 17.7 Å². The lowest BCUT2D eigenvalue weighted by atomic mass is 10.1. The first-order valence-electron chi connectivity index (χ1n) is 9.29. The van der Waals surface area contributed by atoms with E-state index in [-0.39, 0.29) is 25.5 Å². The summed E-state index contributed by atoms with van der Waals surface area (Å²) < 4.78 is 25.3. The van der Waals surface area contributed by atoms with Crippen molar-refractivity contribution in [3.63, 3.8) is 0 Å². The lowest BCUT2D eigenvalue weighted by Gasteiger charge is -2.13. The van der Waals surface area contributed by atoms with E-state index in [0.29, 0.717) is 17.3 Å². The molecule has 3 aromatic rings. The predicted octanol–water partition coefficient (Wildman–Crippen LogP) is 3.93. The maximum Gasteiger partial charge on any atom is 0.311 e. The van der Waals surface area contributed by atoms with Crippen LogP contribution in [0.4, 0.5) is 9.52 Å². The Morgan fingerprint density at radius 3 is 2.93 bits per heavy atom. The highest BCUT2D eigenvalue weighted by atomic mass is 32.1. The first-order chi connectivity index (χ1) is 14.0. The molecule has 0 N–H and O–H groups in total. The van der Waals surface area contributed by atoms with E-state index in [1.807, 2.05) is 25.1 Å². The zero-order chi connectivity index (χ0) is 20.4. The highest BCUT2D eigenvalue weighted by molar-refractivity contribution is 7.22. The summed E-state index contributed by atoms with van der Waals surface area (Å²) in [6, 6.07) is 11.7. The van der Waals surface area contributed by atoms with E-state index >= 15 is 0 Å². The molecule has 0 saturated carbocycles. The van der Waals surface area contributed by atoms with Crippen LogP contribution < -0.4 is 9.64 Å². The highest BCUT2D eigenvalue weighted by Gasteiger charge is 2.37. The van der Waals surface area contributed by atoms with Gasteiger partial charge in [-0.2, -0.15) is 0 Å². The Balaban J connectivity index is 1.44. The summed E-state index contributed by atoms with van der Waals surface area (Å²) in [6.45, 7) is 2.53. The van der Waals surface area contributed by atoms with Crippen molar-refractivity contribution in [3.05, 3.63) is 53.8 Å². The van der Waals surface area contributed by atoms with E-state index in [4.69, 9.17) is 9.47 Å². The summed E-state index contributed by atoms with van der Waals surface area (Å²) in [4.78, 5) is 30.9. The smallest absolute Gasteiger partial charge is 0.311 e. The van der Waals surface area contributed by atoms with Gasteiger partial charge in [-0.15, -0.1) is 0 Å². The molecule has 29 heavy (non-hydrogen) atoms. The van der Waals surface area contributed by atoms with Gasteiger partial charge in [0.1, 0.15) is 18.2 Å². The van der Waals surface area contributed by atoms with E-state index in [2.05, 4.69) is 4.98 Å². The number of carbonyl (C=O) groups excluding carboxylic acids is 2. The van der Waals surface area contributed by atoms with Gasteiger partial charge in [0.2, 0.25) is 5.91 Å². The maximum absolute atomic E-state index is 13.7. The molecule has 0 spiro atoms. The molecule has 150 valence electrons. The van der Waals surface area contributed by atoms with E-state index in [1.54, 1.807) is 18.2 Å². The summed E-state index contributed by atoms with van der Waals surface area (Å²) in [5, 5.41) is 0.544. The van der Waals surface area contributed by atoms with Gasteiger partial charge >= 0.3 is 5.97 Å². The number of fused-ring (bicyclic) bond motifs is 1. The normalized spacial score (nSPS) is 16.4. The molecule has 0 radical (unpaired) electrons. The fourth-order valence-corrected chi connectivity index (χ4v) is 4.22. The Bertz CT molecular complexity index is 1070. The van der Waals surface area contributed by atoms with Crippen molar-refractivity contribution in [1.82, 2.24) is 4.98 Å². The van der Waals surface area contributed by atoms with Gasteiger partial charge in [-0.1, -0.05) is 29.5 Å². The second-order valence-corrected chi connectivity index (χ2v) is 7.67. The number of aromatic nitrogens is 1. The summed E-state index contributed by atoms with van der Waals surface area (Å²) in [7, 11) is 0. The molecule has 1 amide bonds. The Hall–Kier alpha value is -3.00. The first kappa shape index (κ1) is 19.3. The van der Waals surface area contributed by atoms with Crippen molar-refractivity contribution in [2.45, 2.75) is 20.0 Å². The number of esters is 1. The molecule has 1 aromatic heterocycles. The zero-order valence-electron chi connectivity index (χ0n) is 15.8. The highest BCUT2D eigenvalue weighted by Crippen LogP contribution is 2.34. The van der Waals surface area contributed by atoms with Crippen LogP contribution in [-0.2, 0) is 20.9 Å². The largest absolute Gasteiger partial charge is 0.494 e. The molecule has 1 aliphatic rings. The standard InChI is InChI=1S/C21H19FN2O4S/c1-2-27-15-7-8-17-18(10-15)29-21(23-17)24-11-14(9-19(24)25)20(26)28-12-13-5-3-4-6-16(13)22/h3-8,10,14H,2,9,11-12H2,1H3. The number of nitrogens with zero attached hydrogens (tertiary/aromatic N) is 2. The lowest BCUT2D eigenvalue weighted by molar-refractivity contribution is -0.149. The number of amides is 1. The van der Waals surface area contributed by atoms with Crippen LogP contribution in [0.2, 0.25) is 0 Å². The third-order valence-electron chi connectivity index (χ3n) is 4.68. The van der Waals surface area contributed by atoms with Crippen molar-refractivity contribution in [3.8, 4) is 5.75 Å². The minimum absolute atomic E-state index is 0.0518. The summed E-state index contributed by atoms with van der Waals surface area (Å²) >= 11 is 1.38. The SMILES string of the molecule is CCOc1ccc2nc(N3CC(C(=O)OCc4ccccc4F)CC3=O)sc2c1. The molecule has 0 bridgehead atoms. The van der Waals surface area contributed by atoms with Crippen molar-refractivity contribution in [1.29, 1.82) is 0 Å². The van der Waals surface area contributed by atoms with Crippen LogP contribution in [0.5, 0.6) is 5.75 Å². The Morgan fingerprint density at radius 2 is 2.14 bits per heavy atom. The zero-order valence-corrected chi connectivity index (χ0v) is 16.6. The second kappa shape index (κ2) is 8.16. The first-order valence-corrected chi connectivity index (χ1v) is 10.1. The topological polar surface area (TPSA) is 68.7 Å². The number of anilines is 1. The number of thiazole rings is 1. The van der Waals surface area contributed by atoms with Crippen LogP contribution in [0.25, 0.3) is 10.2 Å². The number of ether oxygens (including phenoxy) is 2. The second-order valence-electron chi connectivity index (χ2n) is 6.66. The van der Waals surface area contributed by atoms with Gasteiger partial charge in [-0.05, 0) is 31.2 Å². The monoisotopic (exact) mass is 414 g/mol. The van der Waals surface area contributed by atoms with Crippen molar-refractivity contribution in [2.75, 3.05) is 18.1 Å². The molecule has 2 heterocycles. The fourth-order valence-electron chi connectivity index (χ4n) is 3.20. The van der Waals surface area contributed by atoms with Gasteiger partial charge in [0.15, 0.2) is 5.13 Å². The van der Waals surface area contributed by atoms with Gasteiger partial charge in [0, 0.05) is 18.5 Å². The van der Waals surface area contributed by atoms with Crippen LogP contribution in [0.15, 0.2) is 42.5 Å². The minimum Gasteiger partial charge on any atom is -0.494 e. The minimum atomic E-state index is -0.597. The third kappa shape index (κ3) is 4.07. The Kier molecular flexibility index (Phi) is 5.44. The number of carbonyl (C=O) groups is 2. The molecule has 0 aliphatic carbocycles. The van der Waals surface area contributed by atoms with Crippen molar-refractivity contribution in [2.24, 2.45) is 5.92 Å². The summed E-state index contributed by atoms with van der Waals surface area (Å²) in [6.07, 6.45) is 0.0518. The summed E-state index contributed by atoms with van der Waals surface area (Å²) in [5.41, 5.74) is 1.07. The number of rotatable bonds is 6. The van der Waals surface area contributed by atoms with E-state index in [9.17, 15) is 14.0 Å². The molecule has 1 aliphatic heterocycles. The average Bonchev–Trinajstić information content (AvgIpc) is 3.30. The molecular formula is C21H19FN2O4S. The van der Waals surface area contributed by atoms with Crippen LogP contribution in [0.1, 0.15) is 18.9 Å². The Morgan fingerprint density at radius 1 is 1.31 bits per heavy atom. The maximum atomic E-state index is 13.7. The van der Waals surface area contributed by atoms with Crippen molar-refractivity contribution < 1.29 is 23.5 Å².